The summed E-state index contributed by atoms with van der Waals surface area (Å²) in [6.45, 7) is 4.52. The van der Waals surface area contributed by atoms with Crippen LogP contribution < -0.4 is 10.6 Å². The Morgan fingerprint density at radius 3 is 2.48 bits per heavy atom. The van der Waals surface area contributed by atoms with Crippen molar-refractivity contribution in [1.82, 2.24) is 19.6 Å². The Balaban J connectivity index is 1.41. The van der Waals surface area contributed by atoms with Gasteiger partial charge >= 0.3 is 0 Å². The number of aromatic nitrogens is 4. The standard InChI is InChI=1S/C23H21ClF2N6S/c1-14-22(15(2)32(29-14)12-16-6-8-17(25)9-7-16)28-23(33)27-21-10-11-31(30-21)13-18-19(24)4-3-5-20(18)26/h3-11H,12-13H2,1-2H3,(H2,27,28,30,33). The second-order valence-corrected chi connectivity index (χ2v) is 8.32. The zero-order valence-electron chi connectivity index (χ0n) is 17.9. The third-order valence-electron chi connectivity index (χ3n) is 5.13. The summed E-state index contributed by atoms with van der Waals surface area (Å²) in [5, 5.41) is 15.8. The van der Waals surface area contributed by atoms with Crippen LogP contribution in [0.4, 0.5) is 20.3 Å². The summed E-state index contributed by atoms with van der Waals surface area (Å²) < 4.78 is 30.6. The number of nitrogens with one attached hydrogen (secondary N) is 2. The first kappa shape index (κ1) is 22.9. The van der Waals surface area contributed by atoms with Gasteiger partial charge in [0.15, 0.2) is 10.9 Å². The molecule has 170 valence electrons. The smallest absolute Gasteiger partial charge is 0.176 e. The van der Waals surface area contributed by atoms with Crippen LogP contribution in [0.3, 0.4) is 0 Å². The van der Waals surface area contributed by atoms with E-state index in [9.17, 15) is 8.78 Å². The van der Waals surface area contributed by atoms with Crippen molar-refractivity contribution in [1.29, 1.82) is 0 Å². The van der Waals surface area contributed by atoms with Gasteiger partial charge in [0.1, 0.15) is 11.6 Å². The minimum atomic E-state index is -0.381. The number of benzene rings is 2. The highest BCUT2D eigenvalue weighted by Gasteiger charge is 2.14. The molecule has 10 heteroatoms. The van der Waals surface area contributed by atoms with Gasteiger partial charge in [-0.15, -0.1) is 0 Å². The summed E-state index contributed by atoms with van der Waals surface area (Å²) >= 11 is 11.5. The molecule has 2 aromatic heterocycles. The highest BCUT2D eigenvalue weighted by Crippen LogP contribution is 2.22. The maximum atomic E-state index is 14.0. The van der Waals surface area contributed by atoms with Crippen molar-refractivity contribution in [3.8, 4) is 0 Å². The molecule has 0 spiro atoms. The molecule has 0 bridgehead atoms. The Kier molecular flexibility index (Phi) is 6.71. The largest absolute Gasteiger partial charge is 0.329 e. The van der Waals surface area contributed by atoms with Crippen molar-refractivity contribution < 1.29 is 8.78 Å². The molecular weight excluding hydrogens is 466 g/mol. The van der Waals surface area contributed by atoms with Crippen molar-refractivity contribution in [2.24, 2.45) is 0 Å². The SMILES string of the molecule is Cc1nn(Cc2ccc(F)cc2)c(C)c1NC(=S)Nc1ccn(Cc2c(F)cccc2Cl)n1. The molecule has 0 amide bonds. The van der Waals surface area contributed by atoms with E-state index < -0.39 is 0 Å². The Labute approximate surface area is 200 Å². The Hall–Kier alpha value is -3.30. The van der Waals surface area contributed by atoms with E-state index in [1.54, 1.807) is 41.2 Å². The monoisotopic (exact) mass is 486 g/mol. The van der Waals surface area contributed by atoms with Crippen molar-refractivity contribution in [2.75, 3.05) is 10.6 Å². The first-order valence-corrected chi connectivity index (χ1v) is 10.9. The van der Waals surface area contributed by atoms with Gasteiger partial charge in [0.05, 0.1) is 30.2 Å². The van der Waals surface area contributed by atoms with Crippen LogP contribution in [0.15, 0.2) is 54.7 Å². The molecule has 0 fully saturated rings. The van der Waals surface area contributed by atoms with E-state index in [2.05, 4.69) is 20.8 Å². The summed E-state index contributed by atoms with van der Waals surface area (Å²) in [5.41, 5.74) is 3.76. The van der Waals surface area contributed by atoms with Crippen LogP contribution in [0.1, 0.15) is 22.5 Å². The first-order valence-electron chi connectivity index (χ1n) is 10.1. The van der Waals surface area contributed by atoms with Gasteiger partial charge in [-0.05, 0) is 55.9 Å². The van der Waals surface area contributed by atoms with E-state index in [1.807, 2.05) is 18.5 Å². The summed E-state index contributed by atoms with van der Waals surface area (Å²) in [6, 6.07) is 12.6. The lowest BCUT2D eigenvalue weighted by molar-refractivity contribution is 0.586. The maximum Gasteiger partial charge on any atom is 0.176 e. The number of nitrogens with zero attached hydrogens (tertiary/aromatic N) is 4. The summed E-state index contributed by atoms with van der Waals surface area (Å²) in [7, 11) is 0. The molecule has 2 aromatic carbocycles. The van der Waals surface area contributed by atoms with E-state index >= 15 is 0 Å². The Morgan fingerprint density at radius 1 is 1.00 bits per heavy atom. The predicted octanol–water partition coefficient (Wildman–Crippen LogP) is 5.53. The molecule has 0 unspecified atom stereocenters. The van der Waals surface area contributed by atoms with Gasteiger partial charge in [-0.1, -0.05) is 29.8 Å². The fourth-order valence-corrected chi connectivity index (χ4v) is 3.85. The highest BCUT2D eigenvalue weighted by atomic mass is 35.5. The number of rotatable bonds is 6. The minimum Gasteiger partial charge on any atom is -0.329 e. The molecule has 0 aliphatic heterocycles. The molecular formula is C23H21ClF2N6S. The lowest BCUT2D eigenvalue weighted by Crippen LogP contribution is -2.20. The van der Waals surface area contributed by atoms with Crippen LogP contribution in [0.5, 0.6) is 0 Å². The van der Waals surface area contributed by atoms with E-state index in [-0.39, 0.29) is 18.2 Å². The van der Waals surface area contributed by atoms with Gasteiger partial charge < -0.3 is 10.6 Å². The molecule has 0 aliphatic rings. The first-order chi connectivity index (χ1) is 15.8. The van der Waals surface area contributed by atoms with Crippen molar-refractivity contribution in [2.45, 2.75) is 26.9 Å². The number of hydrogen-bond donors (Lipinski definition) is 2. The fourth-order valence-electron chi connectivity index (χ4n) is 3.42. The molecule has 0 atom stereocenters. The molecule has 0 saturated heterocycles. The molecule has 4 rings (SSSR count). The van der Waals surface area contributed by atoms with E-state index in [1.165, 1.54) is 18.2 Å². The number of thiocarbonyl (C=S) groups is 1. The van der Waals surface area contributed by atoms with Crippen LogP contribution in [-0.4, -0.2) is 24.7 Å². The van der Waals surface area contributed by atoms with Crippen LogP contribution >= 0.6 is 23.8 Å². The van der Waals surface area contributed by atoms with E-state index in [0.29, 0.717) is 28.1 Å². The molecule has 6 nitrogen and oxygen atoms in total. The van der Waals surface area contributed by atoms with Crippen molar-refractivity contribution >= 4 is 40.4 Å². The molecule has 0 aliphatic carbocycles. The molecule has 33 heavy (non-hydrogen) atoms. The van der Waals surface area contributed by atoms with Crippen molar-refractivity contribution in [3.63, 3.8) is 0 Å². The Bertz CT molecular complexity index is 1280. The minimum absolute atomic E-state index is 0.196. The molecule has 0 saturated carbocycles. The zero-order chi connectivity index (χ0) is 23.5. The summed E-state index contributed by atoms with van der Waals surface area (Å²) in [6.07, 6.45) is 1.71. The Morgan fingerprint density at radius 2 is 1.76 bits per heavy atom. The quantitative estimate of drug-likeness (QED) is 0.351. The molecule has 0 radical (unpaired) electrons. The fraction of sp³-hybridized carbons (Fsp3) is 0.174. The second kappa shape index (κ2) is 9.68. The van der Waals surface area contributed by atoms with Gasteiger partial charge in [0.2, 0.25) is 0 Å². The number of anilines is 2. The second-order valence-electron chi connectivity index (χ2n) is 7.51. The van der Waals surface area contributed by atoms with Crippen LogP contribution in [-0.2, 0) is 13.1 Å². The van der Waals surface area contributed by atoms with Gasteiger partial charge in [-0.2, -0.15) is 10.2 Å². The third kappa shape index (κ3) is 5.37. The lowest BCUT2D eigenvalue weighted by Gasteiger charge is -2.10. The van der Waals surface area contributed by atoms with Gasteiger partial charge in [-0.3, -0.25) is 9.36 Å². The maximum absolute atomic E-state index is 14.0. The topological polar surface area (TPSA) is 59.7 Å². The van der Waals surface area contributed by atoms with Crippen molar-refractivity contribution in [3.05, 3.63) is 93.9 Å². The van der Waals surface area contributed by atoms with Crippen LogP contribution in [0.2, 0.25) is 5.02 Å². The molecule has 4 aromatic rings. The zero-order valence-corrected chi connectivity index (χ0v) is 19.5. The molecule has 2 N–H and O–H groups in total. The van der Waals surface area contributed by atoms with Gasteiger partial charge in [0.25, 0.3) is 0 Å². The van der Waals surface area contributed by atoms with Gasteiger partial charge in [0, 0.05) is 22.8 Å². The van der Waals surface area contributed by atoms with E-state index in [0.717, 1.165) is 22.6 Å². The third-order valence-corrected chi connectivity index (χ3v) is 5.69. The summed E-state index contributed by atoms with van der Waals surface area (Å²) in [4.78, 5) is 0. The highest BCUT2D eigenvalue weighted by molar-refractivity contribution is 7.80. The number of halogens is 3. The average molecular weight is 487 g/mol. The van der Waals surface area contributed by atoms with E-state index in [4.69, 9.17) is 23.8 Å². The van der Waals surface area contributed by atoms with Gasteiger partial charge in [-0.25, -0.2) is 8.78 Å². The predicted molar refractivity (Wildman–Crippen MR) is 130 cm³/mol. The number of aryl methyl sites for hydroxylation is 1. The van der Waals surface area contributed by atoms with Crippen LogP contribution in [0, 0.1) is 25.5 Å². The normalized spacial score (nSPS) is 10.9. The van der Waals surface area contributed by atoms with Crippen LogP contribution in [0.25, 0.3) is 0 Å². The molecule has 2 heterocycles. The lowest BCUT2D eigenvalue weighted by atomic mass is 10.2. The number of hydrogen-bond acceptors (Lipinski definition) is 3. The average Bonchev–Trinajstić information content (AvgIpc) is 3.31. The summed E-state index contributed by atoms with van der Waals surface area (Å²) in [5.74, 6) is -0.146.